The van der Waals surface area contributed by atoms with Gasteiger partial charge in [0.25, 0.3) is 5.56 Å². The minimum atomic E-state index is -1.30. The number of carbonyl (C=O) groups is 2. The van der Waals surface area contributed by atoms with E-state index in [4.69, 9.17) is 32.7 Å². The molecule has 0 saturated heterocycles. The van der Waals surface area contributed by atoms with Crippen LogP contribution in [-0.4, -0.2) is 30.7 Å². The van der Waals surface area contributed by atoms with Crippen LogP contribution in [0.5, 0.6) is 5.75 Å². The summed E-state index contributed by atoms with van der Waals surface area (Å²) in [5, 5.41) is 0.539. The topological polar surface area (TPSA) is 61.8 Å². The highest BCUT2D eigenvalue weighted by Crippen LogP contribution is 2.18. The van der Waals surface area contributed by atoms with Crippen LogP contribution < -0.4 is 4.74 Å². The van der Waals surface area contributed by atoms with Gasteiger partial charge < -0.3 is 14.2 Å². The number of halogens is 2. The molecule has 7 heteroatoms. The number of alkyl halides is 1. The summed E-state index contributed by atoms with van der Waals surface area (Å²) in [6.07, 6.45) is 2.47. The molecule has 0 N–H and O–H groups in total. The Morgan fingerprint density at radius 1 is 1.26 bits per heavy atom. The third-order valence-corrected chi connectivity index (χ3v) is 2.74. The molecule has 0 radical (unpaired) electrons. The Hall–Kier alpha value is -2.16. The van der Waals surface area contributed by atoms with Gasteiger partial charge in [-0.15, -0.1) is 0 Å². The fraction of sp³-hybridized carbons (Fsp3) is 0.250. The Balaban J connectivity index is 2.33. The number of carbonyl (C=O) groups excluding carboxylic acids is 2. The standard InChI is InChI=1S/C16H14Cl2O5/c1-2-21-14(19)6-4-3-5-11-22-16(20)15(18)23-13-9-7-12(17)8-10-13/h4,6-10,15H,2,11H2,1H3. The summed E-state index contributed by atoms with van der Waals surface area (Å²) in [6.45, 7) is 1.81. The molecule has 1 unspecified atom stereocenters. The van der Waals surface area contributed by atoms with Crippen molar-refractivity contribution in [2.75, 3.05) is 13.2 Å². The lowest BCUT2D eigenvalue weighted by molar-refractivity contribution is -0.146. The van der Waals surface area contributed by atoms with Gasteiger partial charge in [-0.05, 0) is 37.3 Å². The fourth-order valence-corrected chi connectivity index (χ4v) is 1.55. The molecular weight excluding hydrogens is 343 g/mol. The zero-order valence-electron chi connectivity index (χ0n) is 12.3. The molecule has 1 aromatic carbocycles. The molecule has 1 aromatic rings. The second kappa shape index (κ2) is 10.5. The normalized spacial score (nSPS) is 11.3. The summed E-state index contributed by atoms with van der Waals surface area (Å²) in [4.78, 5) is 22.5. The van der Waals surface area contributed by atoms with Crippen LogP contribution in [0.3, 0.4) is 0 Å². The molecule has 1 rings (SSSR count). The molecule has 0 bridgehead atoms. The summed E-state index contributed by atoms with van der Waals surface area (Å²) in [6, 6.07) is 6.36. The van der Waals surface area contributed by atoms with E-state index in [1.165, 1.54) is 12.2 Å². The van der Waals surface area contributed by atoms with E-state index in [-0.39, 0.29) is 6.61 Å². The molecule has 5 nitrogen and oxygen atoms in total. The maximum atomic E-state index is 11.6. The van der Waals surface area contributed by atoms with Gasteiger partial charge in [-0.25, -0.2) is 9.59 Å². The van der Waals surface area contributed by atoms with Crippen molar-refractivity contribution >= 4 is 35.1 Å². The maximum Gasteiger partial charge on any atom is 0.364 e. The monoisotopic (exact) mass is 356 g/mol. The summed E-state index contributed by atoms with van der Waals surface area (Å²) >= 11 is 11.5. The van der Waals surface area contributed by atoms with Crippen LogP contribution in [-0.2, 0) is 19.1 Å². The van der Waals surface area contributed by atoms with Crippen molar-refractivity contribution < 1.29 is 23.8 Å². The Labute approximate surface area is 144 Å². The highest BCUT2D eigenvalue weighted by molar-refractivity contribution is 6.30. The van der Waals surface area contributed by atoms with E-state index in [0.717, 1.165) is 0 Å². The van der Waals surface area contributed by atoms with Gasteiger partial charge >= 0.3 is 11.9 Å². The second-order valence-corrected chi connectivity index (χ2v) is 4.73. The second-order valence-electron chi connectivity index (χ2n) is 3.90. The van der Waals surface area contributed by atoms with Gasteiger partial charge in [0.05, 0.1) is 6.61 Å². The van der Waals surface area contributed by atoms with Crippen molar-refractivity contribution in [1.29, 1.82) is 0 Å². The molecule has 0 fully saturated rings. The number of hydrogen-bond donors (Lipinski definition) is 0. The number of hydrogen-bond acceptors (Lipinski definition) is 5. The summed E-state index contributed by atoms with van der Waals surface area (Å²) in [5.41, 5.74) is -1.30. The molecule has 0 aromatic heterocycles. The van der Waals surface area contributed by atoms with Gasteiger partial charge in [-0.2, -0.15) is 0 Å². The highest BCUT2D eigenvalue weighted by Gasteiger charge is 2.18. The SMILES string of the molecule is CCOC(=O)C=CC#CCOC(=O)C(Cl)Oc1ccc(Cl)cc1. The fourth-order valence-electron chi connectivity index (χ4n) is 1.25. The van der Waals surface area contributed by atoms with Crippen LogP contribution in [0.15, 0.2) is 36.4 Å². The third-order valence-electron chi connectivity index (χ3n) is 2.22. The lowest BCUT2D eigenvalue weighted by Crippen LogP contribution is -2.23. The molecule has 0 saturated carbocycles. The highest BCUT2D eigenvalue weighted by atomic mass is 35.5. The van der Waals surface area contributed by atoms with Crippen molar-refractivity contribution in [3.05, 3.63) is 41.4 Å². The smallest absolute Gasteiger partial charge is 0.364 e. The predicted molar refractivity (Wildman–Crippen MR) is 86.2 cm³/mol. The minimum absolute atomic E-state index is 0.181. The lowest BCUT2D eigenvalue weighted by atomic mass is 10.3. The van der Waals surface area contributed by atoms with Gasteiger partial charge in [0.15, 0.2) is 6.61 Å². The Kier molecular flexibility index (Phi) is 8.66. The Morgan fingerprint density at radius 2 is 1.96 bits per heavy atom. The summed E-state index contributed by atoms with van der Waals surface area (Å²) in [7, 11) is 0. The summed E-state index contributed by atoms with van der Waals surface area (Å²) in [5.74, 6) is 4.16. The van der Waals surface area contributed by atoms with Gasteiger partial charge in [-0.1, -0.05) is 35.0 Å². The van der Waals surface area contributed by atoms with E-state index >= 15 is 0 Å². The third kappa shape index (κ3) is 8.15. The van der Waals surface area contributed by atoms with Crippen molar-refractivity contribution in [3.8, 4) is 17.6 Å². The van der Waals surface area contributed by atoms with E-state index in [2.05, 4.69) is 16.6 Å². The number of esters is 2. The van der Waals surface area contributed by atoms with Crippen LogP contribution in [0.4, 0.5) is 0 Å². The van der Waals surface area contributed by atoms with E-state index in [1.807, 2.05) is 0 Å². The molecule has 122 valence electrons. The maximum absolute atomic E-state index is 11.6. The molecule has 0 aliphatic rings. The van der Waals surface area contributed by atoms with E-state index in [0.29, 0.717) is 17.4 Å². The molecule has 0 spiro atoms. The number of benzene rings is 1. The molecule has 1 atom stereocenters. The van der Waals surface area contributed by atoms with Crippen molar-refractivity contribution in [2.24, 2.45) is 0 Å². The number of rotatable bonds is 6. The average Bonchev–Trinajstić information content (AvgIpc) is 2.53. The van der Waals surface area contributed by atoms with Crippen molar-refractivity contribution in [3.63, 3.8) is 0 Å². The largest absolute Gasteiger partial charge is 0.463 e. The van der Waals surface area contributed by atoms with Crippen LogP contribution >= 0.6 is 23.2 Å². The average molecular weight is 357 g/mol. The van der Waals surface area contributed by atoms with Gasteiger partial charge in [0.2, 0.25) is 0 Å². The van der Waals surface area contributed by atoms with Crippen LogP contribution in [0.25, 0.3) is 0 Å². The van der Waals surface area contributed by atoms with Crippen LogP contribution in [0.1, 0.15) is 6.92 Å². The van der Waals surface area contributed by atoms with Crippen molar-refractivity contribution in [1.82, 2.24) is 0 Å². The molecule has 0 aliphatic heterocycles. The first kappa shape index (κ1) is 18.9. The quantitative estimate of drug-likeness (QED) is 0.339. The van der Waals surface area contributed by atoms with Crippen molar-refractivity contribution in [2.45, 2.75) is 12.5 Å². The zero-order valence-corrected chi connectivity index (χ0v) is 13.8. The van der Waals surface area contributed by atoms with Gasteiger partial charge in [0, 0.05) is 11.1 Å². The Bertz CT molecular complexity index is 614. The molecule has 0 heterocycles. The van der Waals surface area contributed by atoms with E-state index < -0.39 is 17.5 Å². The zero-order chi connectivity index (χ0) is 17.1. The van der Waals surface area contributed by atoms with E-state index in [1.54, 1.807) is 31.2 Å². The first-order valence-electron chi connectivity index (χ1n) is 6.57. The molecular formula is C16H14Cl2O5. The lowest BCUT2D eigenvalue weighted by Gasteiger charge is -2.10. The van der Waals surface area contributed by atoms with E-state index in [9.17, 15) is 9.59 Å². The Morgan fingerprint density at radius 3 is 2.61 bits per heavy atom. The number of allylic oxidation sites excluding steroid dienone is 1. The first-order valence-corrected chi connectivity index (χ1v) is 7.39. The molecule has 0 amide bonds. The predicted octanol–water partition coefficient (Wildman–Crippen LogP) is 2.95. The minimum Gasteiger partial charge on any atom is -0.463 e. The molecule has 23 heavy (non-hydrogen) atoms. The van der Waals surface area contributed by atoms with Crippen LogP contribution in [0, 0.1) is 11.8 Å². The summed E-state index contributed by atoms with van der Waals surface area (Å²) < 4.78 is 14.6. The van der Waals surface area contributed by atoms with Crippen LogP contribution in [0.2, 0.25) is 5.02 Å². The number of ether oxygens (including phenoxy) is 3. The van der Waals surface area contributed by atoms with Gasteiger partial charge in [0.1, 0.15) is 5.75 Å². The molecule has 0 aliphatic carbocycles. The van der Waals surface area contributed by atoms with Gasteiger partial charge in [-0.3, -0.25) is 0 Å². The first-order chi connectivity index (χ1) is 11.0.